The number of carbonyl (C=O) groups is 1. The molecule has 2 heterocycles. The number of aromatic carboxylic acids is 1. The molecule has 7 heteroatoms. The number of pyridine rings is 1. The summed E-state index contributed by atoms with van der Waals surface area (Å²) in [7, 11) is 0. The summed E-state index contributed by atoms with van der Waals surface area (Å²) >= 11 is 0. The van der Waals surface area contributed by atoms with Gasteiger partial charge in [-0.05, 0) is 6.07 Å². The van der Waals surface area contributed by atoms with Crippen molar-refractivity contribution in [3.05, 3.63) is 65.7 Å². The Morgan fingerprint density at radius 3 is 2.34 bits per heavy atom. The molecule has 4 N–H and O–H groups in total. The highest BCUT2D eigenvalue weighted by Crippen LogP contribution is 2.31. The van der Waals surface area contributed by atoms with Crippen molar-refractivity contribution in [2.45, 2.75) is 6.54 Å². The smallest absolute Gasteiger partial charge is 0.336 e. The summed E-state index contributed by atoms with van der Waals surface area (Å²) in [6.07, 6.45) is 0. The average Bonchev–Trinajstić information content (AvgIpc) is 2.74. The first-order valence-corrected chi connectivity index (χ1v) is 9.56. The molecule has 0 aliphatic carbocycles. The first-order valence-electron chi connectivity index (χ1n) is 9.56. The van der Waals surface area contributed by atoms with E-state index >= 15 is 0 Å². The molecule has 1 aromatic heterocycles. The maximum absolute atomic E-state index is 12.3. The van der Waals surface area contributed by atoms with E-state index in [-0.39, 0.29) is 5.96 Å². The Morgan fingerprint density at radius 1 is 1.03 bits per heavy atom. The minimum Gasteiger partial charge on any atom is -0.478 e. The van der Waals surface area contributed by atoms with Gasteiger partial charge in [-0.15, -0.1) is 0 Å². The number of nitrogens with one attached hydrogen (secondary N) is 1. The summed E-state index contributed by atoms with van der Waals surface area (Å²) < 4.78 is 0. The number of guanidine groups is 1. The number of fused-ring (bicyclic) bond motifs is 1. The maximum atomic E-state index is 12.3. The fraction of sp³-hybridized carbons (Fsp3) is 0.227. The van der Waals surface area contributed by atoms with Crippen LogP contribution in [0, 0.1) is 5.41 Å². The summed E-state index contributed by atoms with van der Waals surface area (Å²) in [5.41, 5.74) is 8.90. The van der Waals surface area contributed by atoms with Gasteiger partial charge in [0.2, 0.25) is 0 Å². The monoisotopic (exact) mass is 389 g/mol. The first-order chi connectivity index (χ1) is 14.0. The normalized spacial score (nSPS) is 14.8. The van der Waals surface area contributed by atoms with Crippen LogP contribution in [-0.4, -0.2) is 58.0 Å². The molecular formula is C22H23N5O2. The third-order valence-electron chi connectivity index (χ3n) is 5.35. The van der Waals surface area contributed by atoms with Crippen LogP contribution in [0.15, 0.2) is 54.6 Å². The topological polar surface area (TPSA) is 107 Å². The third-order valence-corrected chi connectivity index (χ3v) is 5.35. The molecule has 148 valence electrons. The van der Waals surface area contributed by atoms with Crippen molar-refractivity contribution < 1.29 is 9.90 Å². The van der Waals surface area contributed by atoms with Crippen molar-refractivity contribution in [1.29, 1.82) is 5.41 Å². The Bertz CT molecular complexity index is 1060. The molecule has 7 nitrogen and oxygen atoms in total. The van der Waals surface area contributed by atoms with Crippen molar-refractivity contribution in [3.8, 4) is 11.3 Å². The minimum atomic E-state index is -0.946. The Balaban J connectivity index is 1.81. The lowest BCUT2D eigenvalue weighted by atomic mass is 9.96. The molecular weight excluding hydrogens is 366 g/mol. The van der Waals surface area contributed by atoms with Crippen LogP contribution in [0.2, 0.25) is 0 Å². The van der Waals surface area contributed by atoms with Crippen LogP contribution < -0.4 is 5.73 Å². The highest BCUT2D eigenvalue weighted by atomic mass is 16.4. The van der Waals surface area contributed by atoms with E-state index in [1.807, 2.05) is 59.5 Å². The second kappa shape index (κ2) is 7.89. The number of carboxylic acids is 1. The van der Waals surface area contributed by atoms with E-state index in [1.165, 1.54) is 0 Å². The van der Waals surface area contributed by atoms with Gasteiger partial charge in [-0.25, -0.2) is 9.78 Å². The van der Waals surface area contributed by atoms with E-state index in [1.54, 1.807) is 0 Å². The number of benzene rings is 2. The van der Waals surface area contributed by atoms with E-state index in [2.05, 4.69) is 4.90 Å². The molecule has 3 aromatic rings. The lowest BCUT2D eigenvalue weighted by molar-refractivity contribution is 0.0696. The molecule has 0 spiro atoms. The van der Waals surface area contributed by atoms with Crippen LogP contribution in [0.25, 0.3) is 22.2 Å². The predicted octanol–water partition coefficient (Wildman–Crippen LogP) is 2.61. The first kappa shape index (κ1) is 18.9. The summed E-state index contributed by atoms with van der Waals surface area (Å²) in [4.78, 5) is 21.2. The lowest BCUT2D eigenvalue weighted by Crippen LogP contribution is -2.50. The molecule has 0 saturated carbocycles. The van der Waals surface area contributed by atoms with Crippen LogP contribution in [0.5, 0.6) is 0 Å². The van der Waals surface area contributed by atoms with Crippen molar-refractivity contribution >= 4 is 22.8 Å². The maximum Gasteiger partial charge on any atom is 0.336 e. The van der Waals surface area contributed by atoms with Gasteiger partial charge in [0, 0.05) is 49.2 Å². The number of nitrogens with zero attached hydrogens (tertiary/aromatic N) is 3. The van der Waals surface area contributed by atoms with Gasteiger partial charge in [0.25, 0.3) is 0 Å². The number of para-hydroxylation sites is 1. The molecule has 1 fully saturated rings. The van der Waals surface area contributed by atoms with Crippen molar-refractivity contribution in [3.63, 3.8) is 0 Å². The quantitative estimate of drug-likeness (QED) is 0.468. The zero-order valence-corrected chi connectivity index (χ0v) is 16.0. The molecule has 1 saturated heterocycles. The number of piperazine rings is 1. The molecule has 0 bridgehead atoms. The van der Waals surface area contributed by atoms with Crippen LogP contribution in [0.1, 0.15) is 15.9 Å². The van der Waals surface area contributed by atoms with Gasteiger partial charge in [0.15, 0.2) is 5.96 Å². The van der Waals surface area contributed by atoms with Crippen LogP contribution in [-0.2, 0) is 6.54 Å². The highest BCUT2D eigenvalue weighted by molar-refractivity contribution is 6.05. The average molecular weight is 389 g/mol. The molecule has 0 atom stereocenters. The van der Waals surface area contributed by atoms with Gasteiger partial charge in [-0.2, -0.15) is 0 Å². The van der Waals surface area contributed by atoms with E-state index in [9.17, 15) is 9.90 Å². The van der Waals surface area contributed by atoms with E-state index in [0.29, 0.717) is 54.9 Å². The third kappa shape index (κ3) is 3.77. The lowest BCUT2D eigenvalue weighted by Gasteiger charge is -2.35. The Labute approximate surface area is 168 Å². The molecule has 4 rings (SSSR count). The fourth-order valence-corrected chi connectivity index (χ4v) is 3.85. The zero-order chi connectivity index (χ0) is 20.4. The van der Waals surface area contributed by atoms with Gasteiger partial charge in [-0.3, -0.25) is 10.3 Å². The second-order valence-corrected chi connectivity index (χ2v) is 7.15. The highest BCUT2D eigenvalue weighted by Gasteiger charge is 2.25. The Kier molecular flexibility index (Phi) is 5.14. The van der Waals surface area contributed by atoms with E-state index in [4.69, 9.17) is 16.1 Å². The van der Waals surface area contributed by atoms with Gasteiger partial charge >= 0.3 is 5.97 Å². The fourth-order valence-electron chi connectivity index (χ4n) is 3.85. The number of rotatable bonds is 4. The summed E-state index contributed by atoms with van der Waals surface area (Å²) in [6.45, 7) is 3.20. The summed E-state index contributed by atoms with van der Waals surface area (Å²) in [6, 6.07) is 17.1. The largest absolute Gasteiger partial charge is 0.478 e. The summed E-state index contributed by atoms with van der Waals surface area (Å²) in [5.74, 6) is -0.869. The molecule has 29 heavy (non-hydrogen) atoms. The van der Waals surface area contributed by atoms with Crippen molar-refractivity contribution in [2.75, 3.05) is 26.2 Å². The molecule has 1 aliphatic rings. The van der Waals surface area contributed by atoms with E-state index in [0.717, 1.165) is 11.1 Å². The molecule has 2 aromatic carbocycles. The van der Waals surface area contributed by atoms with Crippen molar-refractivity contribution in [2.24, 2.45) is 5.73 Å². The Hall–Kier alpha value is -3.45. The second-order valence-electron chi connectivity index (χ2n) is 7.15. The van der Waals surface area contributed by atoms with Gasteiger partial charge in [-0.1, -0.05) is 48.5 Å². The SMILES string of the molecule is N=C(N)N1CCN(Cc2c(-c3ccccc3)nc3ccccc3c2C(=O)O)CC1. The van der Waals surface area contributed by atoms with Crippen molar-refractivity contribution in [1.82, 2.24) is 14.8 Å². The van der Waals surface area contributed by atoms with Crippen LogP contribution >= 0.6 is 0 Å². The molecule has 1 aliphatic heterocycles. The van der Waals surface area contributed by atoms with Gasteiger partial charge < -0.3 is 15.7 Å². The predicted molar refractivity (Wildman–Crippen MR) is 113 cm³/mol. The van der Waals surface area contributed by atoms with Gasteiger partial charge in [0.05, 0.1) is 16.8 Å². The minimum absolute atomic E-state index is 0.0771. The molecule has 0 amide bonds. The van der Waals surface area contributed by atoms with E-state index < -0.39 is 5.97 Å². The molecule has 0 radical (unpaired) electrons. The number of carboxylic acid groups (broad SMARTS) is 1. The number of aromatic nitrogens is 1. The standard InChI is InChI=1S/C22H23N5O2/c23-22(24)27-12-10-26(11-13-27)14-17-19(21(28)29)16-8-4-5-9-18(16)25-20(17)15-6-2-1-3-7-15/h1-9H,10-14H2,(H3,23,24)(H,28,29). The molecule has 0 unspecified atom stereocenters. The summed E-state index contributed by atoms with van der Waals surface area (Å²) in [5, 5.41) is 18.3. The van der Waals surface area contributed by atoms with Crippen LogP contribution in [0.3, 0.4) is 0 Å². The Morgan fingerprint density at radius 2 is 1.69 bits per heavy atom. The van der Waals surface area contributed by atoms with Crippen LogP contribution in [0.4, 0.5) is 0 Å². The van der Waals surface area contributed by atoms with Gasteiger partial charge in [0.1, 0.15) is 0 Å². The number of hydrogen-bond donors (Lipinski definition) is 3. The number of nitrogens with two attached hydrogens (primary N) is 1. The number of hydrogen-bond acceptors (Lipinski definition) is 4. The zero-order valence-electron chi connectivity index (χ0n) is 16.0.